The van der Waals surface area contributed by atoms with Crippen molar-refractivity contribution in [2.75, 3.05) is 4.90 Å². The average molecular weight is 1900 g/mol. The lowest BCUT2D eigenvalue weighted by molar-refractivity contribution is 0.384. The van der Waals surface area contributed by atoms with Crippen LogP contribution in [-0.4, -0.2) is 30.0 Å². The summed E-state index contributed by atoms with van der Waals surface area (Å²) in [5.41, 5.74) is 46.1. The number of fused-ring (bicyclic) bond motifs is 17. The highest BCUT2D eigenvalue weighted by molar-refractivity contribution is 6.17. The summed E-state index contributed by atoms with van der Waals surface area (Å²) in [6, 6.07) is 195. The number of para-hydroxylation sites is 4. The molecule has 2 radical (unpaired) electrons. The predicted molar refractivity (Wildman–Crippen MR) is 615 cm³/mol. The first-order chi connectivity index (χ1) is 73.0. The van der Waals surface area contributed by atoms with Crippen molar-refractivity contribution in [2.24, 2.45) is 0 Å². The van der Waals surface area contributed by atoms with Crippen LogP contribution in [0.1, 0.15) is 109 Å². The summed E-state index contributed by atoms with van der Waals surface area (Å²) in [5.74, 6) is 0.948. The van der Waals surface area contributed by atoms with E-state index in [0.29, 0.717) is 26.9 Å². The first kappa shape index (κ1) is 95.0. The topological polar surface area (TPSA) is 67.1 Å². The predicted octanol–water partition coefficient (Wildman–Crippen LogP) is 33.6. The minimum absolute atomic E-state index is 0.0686. The Labute approximate surface area is 869 Å². The van der Waals surface area contributed by atoms with Gasteiger partial charge in [0.15, 0.2) is 0 Å². The Balaban J connectivity index is 0.000000107. The second-order valence-corrected chi connectivity index (χ2v) is 38.5. The maximum Gasteiger partial charge on any atom is 0.569 e. The lowest BCUT2D eigenvalue weighted by Gasteiger charge is -2.34. The van der Waals surface area contributed by atoms with Crippen LogP contribution >= 0.6 is 0 Å². The summed E-state index contributed by atoms with van der Waals surface area (Å²) in [6.07, 6.45) is 6.42. The molecular weight excluding hydrogens is 1800 g/mol. The second-order valence-electron chi connectivity index (χ2n) is 38.5. The van der Waals surface area contributed by atoms with Gasteiger partial charge in [-0.3, -0.25) is 0 Å². The van der Waals surface area contributed by atoms with Gasteiger partial charge in [-0.1, -0.05) is 500 Å². The zero-order valence-corrected chi connectivity index (χ0v) is 82.7. The van der Waals surface area contributed by atoms with Crippen LogP contribution in [0.4, 0.5) is 17.1 Å². The van der Waals surface area contributed by atoms with Crippen molar-refractivity contribution < 1.29 is 19.4 Å². The summed E-state index contributed by atoms with van der Waals surface area (Å²) in [4.78, 5) is 2.13. The van der Waals surface area contributed by atoms with Crippen molar-refractivity contribution in [1.29, 1.82) is 0 Å². The van der Waals surface area contributed by atoms with E-state index in [1.807, 2.05) is 91.0 Å². The lowest BCUT2D eigenvalue weighted by Crippen LogP contribution is -2.28. The first-order valence-corrected chi connectivity index (χ1v) is 50.7. The number of aromatic nitrogens is 1. The van der Waals surface area contributed by atoms with Crippen molar-refractivity contribution in [2.45, 2.75) is 49.4 Å². The number of allylic oxidation sites excluding steroid dienone is 1. The third-order valence-corrected chi connectivity index (χ3v) is 29.3. The summed E-state index contributed by atoms with van der Waals surface area (Å²) in [6.45, 7) is 8.39. The molecule has 0 fully saturated rings. The van der Waals surface area contributed by atoms with Gasteiger partial charge < -0.3 is 28.8 Å². The molecule has 0 atom stereocenters. The molecule has 1 aromatic heterocycles. The van der Waals surface area contributed by atoms with Crippen LogP contribution in [0.5, 0.6) is 5.75 Å². The van der Waals surface area contributed by atoms with Gasteiger partial charge in [0.1, 0.15) is 5.75 Å². The quantitative estimate of drug-likeness (QED) is 0.0426. The van der Waals surface area contributed by atoms with E-state index in [9.17, 15) is 0 Å². The highest BCUT2D eigenvalue weighted by Gasteiger charge is 2.52. The van der Waals surface area contributed by atoms with Gasteiger partial charge in [0.05, 0.1) is 22.1 Å². The summed E-state index contributed by atoms with van der Waals surface area (Å²) >= 11 is 0. The largest absolute Gasteiger partial charge is 0.569 e. The Hall–Kier alpha value is -17.9. The average Bonchev–Trinajstić information content (AvgIpc) is 1.51. The van der Waals surface area contributed by atoms with Crippen molar-refractivity contribution in [3.05, 3.63) is 659 Å². The van der Waals surface area contributed by atoms with Crippen LogP contribution in [0.3, 0.4) is 0 Å². The molecule has 2 N–H and O–H groups in total. The van der Waals surface area contributed by atoms with Gasteiger partial charge in [0, 0.05) is 45.3 Å². The van der Waals surface area contributed by atoms with Crippen LogP contribution in [-0.2, 0) is 40.2 Å². The summed E-state index contributed by atoms with van der Waals surface area (Å²) in [7, 11) is 1.31. The third kappa shape index (κ3) is 19.0. The van der Waals surface area contributed by atoms with E-state index >= 15 is 0 Å². The van der Waals surface area contributed by atoms with Crippen LogP contribution in [0.15, 0.2) is 564 Å². The van der Waals surface area contributed by atoms with E-state index in [-0.39, 0.29) is 16.2 Å². The number of hydrogen-bond donors (Lipinski definition) is 2. The van der Waals surface area contributed by atoms with Crippen molar-refractivity contribution in [1.82, 2.24) is 4.57 Å². The molecule has 1 spiro atoms. The van der Waals surface area contributed by atoms with Crippen molar-refractivity contribution in [3.8, 4) is 89.3 Å². The molecule has 0 unspecified atom stereocenters. The molecule has 0 saturated carbocycles. The third-order valence-electron chi connectivity index (χ3n) is 29.3. The molecule has 21 aromatic carbocycles. The van der Waals surface area contributed by atoms with E-state index in [4.69, 9.17) is 19.4 Å². The van der Waals surface area contributed by atoms with Crippen LogP contribution < -0.4 is 9.55 Å². The molecule has 1 heterocycles. The molecule has 22 aromatic rings. The van der Waals surface area contributed by atoms with Crippen LogP contribution in [0, 0.1) is 0 Å². The standard InChI is InChI=1S/C38H26.C38H28.C28H24.2C18H15BNO2/c1-2-10-28(11-3-1)29-21-18-26(19-22-29)24-27-20-23-33-32-14-6-9-17-36(32)38(37(33)25-27)34-15-7-4-12-30(34)31-13-5-8-16-35(31)38;1-4-12-30(13-5-1)31-23-20-28(21-24-31)26-29-22-25-35-34-18-10-11-19-36(34)38(37(35)27-29,32-14-6-2-7-15-32)33-16-8-3-9-17-33;1-28(2)26-11-7-6-10-24(26)25-17-14-21(19-27(25)28)18-20-12-15-23(16-13-20)22-8-4-3-5-9-22;1-14(22-19-21)11-12-17-13-15-7-5-6-10-18(15)20(17)16-8-3-2-4-9-16;21-19-22-18-13-7-12-17(14-18)20(15-8-3-1-4-9-15)16-10-5-2-6-11-16/h1-23,25H,24H2;1-25,27H,26H2;3-17,19H,18H2,1-2H3;2-13,21H,1H2;1-14,21H/b;;;12-11-;. The molecule has 0 aliphatic heterocycles. The highest BCUT2D eigenvalue weighted by Crippen LogP contribution is 2.64. The second kappa shape index (κ2) is 42.9. The Morgan fingerprint density at radius 1 is 0.277 bits per heavy atom. The van der Waals surface area contributed by atoms with Gasteiger partial charge in [0.25, 0.3) is 0 Å². The summed E-state index contributed by atoms with van der Waals surface area (Å²) in [5, 5.41) is 18.6. The fourth-order valence-electron chi connectivity index (χ4n) is 22.6. The fourth-order valence-corrected chi connectivity index (χ4v) is 22.6. The smallest absolute Gasteiger partial charge is 0.538 e. The van der Waals surface area contributed by atoms with E-state index in [1.54, 1.807) is 12.1 Å². The molecule has 708 valence electrons. The molecule has 0 bridgehead atoms. The monoisotopic (exact) mass is 1900 g/mol. The zero-order chi connectivity index (χ0) is 100. The normalized spacial score (nSPS) is 12.6. The Kier molecular flexibility index (Phi) is 27.6. The van der Waals surface area contributed by atoms with Gasteiger partial charge in [0.2, 0.25) is 0 Å². The SMILES string of the molecule is C=C(/C=C\c1cc2ccccc2n1-c1ccccc1)O[B]O.CC1(C)c2ccccc2-c2ccc(Cc3ccc(-c4ccccc4)cc3)cc21.O[B]Oc1cccc(N(c2ccccc2)c2ccccc2)c1.c1ccc(-c2ccc(Cc3ccc4c(c3)C(c3ccccc3)(c3ccccc3)c3ccccc3-4)cc2)cc1.c1ccc(-c2ccc(Cc3ccc4c(c3)C3(c5ccccc5-c5ccccc53)c3ccccc3-4)cc2)cc1. The molecule has 26 rings (SSSR count). The zero-order valence-electron chi connectivity index (χ0n) is 82.7. The summed E-state index contributed by atoms with van der Waals surface area (Å²) < 4.78 is 12.1. The molecule has 4 aliphatic rings. The van der Waals surface area contributed by atoms with Crippen LogP contribution in [0.25, 0.3) is 101 Å². The molecule has 4 aliphatic carbocycles. The van der Waals surface area contributed by atoms with E-state index < -0.39 is 0 Å². The minimum Gasteiger partial charge on any atom is -0.538 e. The fraction of sp³-hybridized carbons (Fsp3) is 0.0571. The van der Waals surface area contributed by atoms with Gasteiger partial charge in [-0.2, -0.15) is 0 Å². The van der Waals surface area contributed by atoms with E-state index in [1.165, 1.54) is 167 Å². The van der Waals surface area contributed by atoms with Gasteiger partial charge in [-0.25, -0.2) is 0 Å². The molecule has 0 amide bonds. The number of nitrogens with zero attached hydrogens (tertiary/aromatic N) is 2. The van der Waals surface area contributed by atoms with E-state index in [0.717, 1.165) is 58.6 Å². The molecule has 0 saturated heterocycles. The minimum atomic E-state index is -0.346. The van der Waals surface area contributed by atoms with E-state index in [2.05, 4.69) is 485 Å². The van der Waals surface area contributed by atoms with Gasteiger partial charge in [-0.15, -0.1) is 0 Å². The van der Waals surface area contributed by atoms with Crippen LogP contribution in [0.2, 0.25) is 0 Å². The lowest BCUT2D eigenvalue weighted by atomic mass is 9.67. The van der Waals surface area contributed by atoms with Crippen molar-refractivity contribution in [3.63, 3.8) is 0 Å². The molecule has 148 heavy (non-hydrogen) atoms. The van der Waals surface area contributed by atoms with Gasteiger partial charge in [-0.05, 0) is 259 Å². The Morgan fingerprint density at radius 2 is 0.595 bits per heavy atom. The molecule has 6 nitrogen and oxygen atoms in total. The molecular formula is C140H108B2N2O4. The first-order valence-electron chi connectivity index (χ1n) is 50.7. The maximum atomic E-state index is 8.82. The highest BCUT2D eigenvalue weighted by atomic mass is 16.5. The van der Waals surface area contributed by atoms with Crippen molar-refractivity contribution >= 4 is 49.4 Å². The number of rotatable bonds is 21. The maximum absolute atomic E-state index is 8.82. The Bertz CT molecular complexity index is 8130. The molecule has 8 heteroatoms. The van der Waals surface area contributed by atoms with Gasteiger partial charge >= 0.3 is 15.4 Å². The number of hydrogen-bond acceptors (Lipinski definition) is 5. The number of benzene rings is 21. The Morgan fingerprint density at radius 3 is 1.01 bits per heavy atom. The number of anilines is 3.